The fraction of sp³-hybridized carbons (Fsp3) is 0.429. The van der Waals surface area contributed by atoms with Crippen LogP contribution in [0.25, 0.3) is 0 Å². The van der Waals surface area contributed by atoms with Gasteiger partial charge in [-0.2, -0.15) is 0 Å². The topological polar surface area (TPSA) is 152 Å². The van der Waals surface area contributed by atoms with Crippen LogP contribution in [0.5, 0.6) is 11.5 Å². The number of hydrogen-bond acceptors (Lipinski definition) is 8. The molecule has 1 unspecified atom stereocenters. The number of phenols is 1. The quantitative estimate of drug-likeness (QED) is 0.278. The summed E-state index contributed by atoms with van der Waals surface area (Å²) in [6.45, 7) is 4.96. The minimum absolute atomic E-state index is 0. The van der Waals surface area contributed by atoms with Gasteiger partial charge < -0.3 is 34.8 Å². The molecule has 2 aliphatic heterocycles. The van der Waals surface area contributed by atoms with Crippen molar-refractivity contribution >= 4 is 46.2 Å². The van der Waals surface area contributed by atoms with Gasteiger partial charge in [0.1, 0.15) is 23.9 Å². The van der Waals surface area contributed by atoms with Gasteiger partial charge in [0, 0.05) is 37.8 Å². The third kappa shape index (κ3) is 6.39. The highest BCUT2D eigenvalue weighted by Crippen LogP contribution is 2.36. The number of fused-ring (bicyclic) bond motifs is 1. The first-order valence-electron chi connectivity index (χ1n) is 13.0. The van der Waals surface area contributed by atoms with Gasteiger partial charge in [-0.25, -0.2) is 4.79 Å². The summed E-state index contributed by atoms with van der Waals surface area (Å²) < 4.78 is 11.1. The minimum atomic E-state index is -1.04. The molecule has 0 bridgehead atoms. The number of phenolic OH excluding ortho intramolecular Hbond substituents is 1. The van der Waals surface area contributed by atoms with Crippen molar-refractivity contribution < 1.29 is 34.1 Å². The Kier molecular flexibility index (Phi) is 10.2. The molecule has 0 aliphatic carbocycles. The average molecular weight is 620 g/mol. The summed E-state index contributed by atoms with van der Waals surface area (Å²) >= 11 is 0. The lowest BCUT2D eigenvalue weighted by Crippen LogP contribution is -2.30. The number of amidine groups is 1. The Bertz CT molecular complexity index is 1320. The Labute approximate surface area is 243 Å². The van der Waals surface area contributed by atoms with E-state index in [1.807, 2.05) is 18.7 Å². The number of halogens is 1. The number of carboxylic acid groups (broad SMARTS) is 1. The van der Waals surface area contributed by atoms with Crippen molar-refractivity contribution in [3.05, 3.63) is 52.1 Å². The summed E-state index contributed by atoms with van der Waals surface area (Å²) in [6.07, 6.45) is 0.840. The van der Waals surface area contributed by atoms with Crippen molar-refractivity contribution in [2.75, 3.05) is 44.8 Å². The third-order valence-electron chi connectivity index (χ3n) is 7.04. The molecule has 40 heavy (non-hydrogen) atoms. The number of carbonyl (C=O) groups is 3. The lowest BCUT2D eigenvalue weighted by molar-refractivity contribution is -0.143. The van der Waals surface area contributed by atoms with E-state index in [0.29, 0.717) is 72.8 Å². The molecule has 2 aromatic rings. The fourth-order valence-electron chi connectivity index (χ4n) is 5.04. The highest BCUT2D eigenvalue weighted by atomic mass is 79.9. The number of nitrogens with one attached hydrogen (secondary N) is 2. The van der Waals surface area contributed by atoms with Crippen molar-refractivity contribution in [3.63, 3.8) is 0 Å². The highest BCUT2D eigenvalue weighted by molar-refractivity contribution is 8.93. The van der Waals surface area contributed by atoms with Crippen molar-refractivity contribution in [1.29, 1.82) is 5.41 Å². The number of aromatic hydroxyl groups is 1. The molecule has 4 N–H and O–H groups in total. The van der Waals surface area contributed by atoms with Crippen LogP contribution in [-0.2, 0) is 22.5 Å². The molecule has 1 amide bonds. The second-order valence-electron chi connectivity index (χ2n) is 9.56. The summed E-state index contributed by atoms with van der Waals surface area (Å²) in [5, 5.41) is 31.1. The molecule has 1 saturated heterocycles. The number of carboxylic acids is 1. The van der Waals surface area contributed by atoms with Crippen LogP contribution in [-0.4, -0.2) is 84.6 Å². The number of ketones is 1. The van der Waals surface area contributed by atoms with Gasteiger partial charge in [-0.15, -0.1) is 17.0 Å². The second kappa shape index (κ2) is 13.1. The van der Waals surface area contributed by atoms with Gasteiger partial charge in [0.2, 0.25) is 0 Å². The first-order chi connectivity index (χ1) is 18.7. The number of anilines is 1. The standard InChI is InChI=1S/C28H34N4O7.BrH/c1-4-16-8-17(9-22(26(16)36)31-7-6-19(13-31)39-15-25(34)35)23(33)14-32-12-18-10-24(38-5-2)21(28(37)30-3)11-20(18)27(32)29;/h8-11,19,29,36H,4-7,12-15H2,1-3H3,(H,30,37)(H,34,35);1H. The van der Waals surface area contributed by atoms with Crippen molar-refractivity contribution in [3.8, 4) is 11.5 Å². The van der Waals surface area contributed by atoms with Gasteiger partial charge in [-0.3, -0.25) is 15.0 Å². The smallest absolute Gasteiger partial charge is 0.329 e. The summed E-state index contributed by atoms with van der Waals surface area (Å²) in [5.41, 5.74) is 3.27. The van der Waals surface area contributed by atoms with E-state index in [-0.39, 0.29) is 59.5 Å². The molecule has 1 fully saturated rings. The maximum absolute atomic E-state index is 13.5. The van der Waals surface area contributed by atoms with E-state index in [4.69, 9.17) is 20.0 Å². The van der Waals surface area contributed by atoms with Gasteiger partial charge in [-0.1, -0.05) is 6.92 Å². The van der Waals surface area contributed by atoms with E-state index in [2.05, 4.69) is 5.32 Å². The van der Waals surface area contributed by atoms with E-state index in [1.54, 1.807) is 29.2 Å². The van der Waals surface area contributed by atoms with E-state index in [9.17, 15) is 19.5 Å². The first kappa shape index (κ1) is 30.9. The molecule has 12 heteroatoms. The number of amides is 1. The van der Waals surface area contributed by atoms with Crippen LogP contribution in [0.3, 0.4) is 0 Å². The van der Waals surface area contributed by atoms with Crippen molar-refractivity contribution in [2.24, 2.45) is 0 Å². The van der Waals surface area contributed by atoms with Crippen LogP contribution in [0.1, 0.15) is 57.7 Å². The molecule has 1 atom stereocenters. The first-order valence-corrected chi connectivity index (χ1v) is 13.0. The number of carbonyl (C=O) groups excluding carboxylic acids is 2. The zero-order valence-corrected chi connectivity index (χ0v) is 24.5. The summed E-state index contributed by atoms with van der Waals surface area (Å²) in [5.74, 6) is -0.879. The van der Waals surface area contributed by atoms with Crippen LogP contribution < -0.4 is 15.0 Å². The molecule has 0 aromatic heterocycles. The molecule has 11 nitrogen and oxygen atoms in total. The zero-order valence-electron chi connectivity index (χ0n) is 22.8. The van der Waals surface area contributed by atoms with Gasteiger partial charge >= 0.3 is 5.97 Å². The number of nitrogens with zero attached hydrogens (tertiary/aromatic N) is 2. The van der Waals surface area contributed by atoms with Gasteiger partial charge in [-0.05, 0) is 55.2 Å². The fourth-order valence-corrected chi connectivity index (χ4v) is 5.04. The number of ether oxygens (including phenoxy) is 2. The molecule has 2 heterocycles. The predicted molar refractivity (Wildman–Crippen MR) is 155 cm³/mol. The number of Topliss-reactive ketones (excluding diaryl/α,β-unsaturated/α-hetero) is 1. The van der Waals surface area contributed by atoms with Crippen LogP contribution in [0.15, 0.2) is 24.3 Å². The van der Waals surface area contributed by atoms with E-state index in [1.165, 1.54) is 7.05 Å². The van der Waals surface area contributed by atoms with Crippen LogP contribution in [0, 0.1) is 5.41 Å². The molecule has 2 aromatic carbocycles. The normalized spacial score (nSPS) is 16.0. The third-order valence-corrected chi connectivity index (χ3v) is 7.04. The Morgan fingerprint density at radius 2 is 1.93 bits per heavy atom. The van der Waals surface area contributed by atoms with E-state index < -0.39 is 5.97 Å². The maximum atomic E-state index is 13.5. The largest absolute Gasteiger partial charge is 0.505 e. The Hall–Kier alpha value is -3.64. The molecule has 0 radical (unpaired) electrons. The molecule has 0 spiro atoms. The molecule has 2 aliphatic rings. The highest BCUT2D eigenvalue weighted by Gasteiger charge is 2.31. The lowest BCUT2D eigenvalue weighted by atomic mass is 10.0. The van der Waals surface area contributed by atoms with Gasteiger partial charge in [0.05, 0.1) is 30.5 Å². The number of hydrogen-bond donors (Lipinski definition) is 4. The Balaban J connectivity index is 0.00000441. The van der Waals surface area contributed by atoms with E-state index in [0.717, 1.165) is 5.56 Å². The van der Waals surface area contributed by atoms with Gasteiger partial charge in [0.15, 0.2) is 5.78 Å². The maximum Gasteiger partial charge on any atom is 0.329 e. The number of aliphatic carboxylic acids is 1. The average Bonchev–Trinajstić information content (AvgIpc) is 3.51. The number of aryl methyl sites for hydroxylation is 1. The van der Waals surface area contributed by atoms with Crippen molar-refractivity contribution in [2.45, 2.75) is 39.3 Å². The summed E-state index contributed by atoms with van der Waals surface area (Å²) in [7, 11) is 1.53. The zero-order chi connectivity index (χ0) is 28.3. The molecular formula is C28H35BrN4O7. The summed E-state index contributed by atoms with van der Waals surface area (Å²) in [4.78, 5) is 40.3. The lowest BCUT2D eigenvalue weighted by Gasteiger charge is -2.23. The Morgan fingerprint density at radius 3 is 2.58 bits per heavy atom. The SMILES string of the molecule is Br.CCOc1cc2c(cc1C(=O)NC)C(=N)N(CC(=O)c1cc(CC)c(O)c(N3CCC(OCC(=O)O)C3)c1)C2. The summed E-state index contributed by atoms with van der Waals surface area (Å²) in [6, 6.07) is 6.72. The Morgan fingerprint density at radius 1 is 1.18 bits per heavy atom. The molecule has 0 saturated carbocycles. The minimum Gasteiger partial charge on any atom is -0.505 e. The second-order valence-corrected chi connectivity index (χ2v) is 9.56. The molecular weight excluding hydrogens is 584 g/mol. The predicted octanol–water partition coefficient (Wildman–Crippen LogP) is 2.99. The van der Waals surface area contributed by atoms with E-state index >= 15 is 0 Å². The van der Waals surface area contributed by atoms with Gasteiger partial charge in [0.25, 0.3) is 5.91 Å². The van der Waals surface area contributed by atoms with Crippen LogP contribution in [0.4, 0.5) is 5.69 Å². The molecule has 4 rings (SSSR count). The number of benzene rings is 2. The number of rotatable bonds is 11. The van der Waals surface area contributed by atoms with Crippen LogP contribution in [0.2, 0.25) is 0 Å². The monoisotopic (exact) mass is 618 g/mol. The van der Waals surface area contributed by atoms with Crippen molar-refractivity contribution in [1.82, 2.24) is 10.2 Å². The molecule has 216 valence electrons. The van der Waals surface area contributed by atoms with Crippen LogP contribution >= 0.6 is 17.0 Å².